The van der Waals surface area contributed by atoms with Crippen LogP contribution in [-0.4, -0.2) is 47.6 Å². The molecule has 0 aromatic heterocycles. The zero-order valence-corrected chi connectivity index (χ0v) is 16.0. The number of hydrogen-bond acceptors (Lipinski definition) is 4. The number of benzene rings is 1. The smallest absolute Gasteiger partial charge is 0.243 e. The summed E-state index contributed by atoms with van der Waals surface area (Å²) in [6, 6.07) is 4.85. The van der Waals surface area contributed by atoms with Crippen LogP contribution in [0.3, 0.4) is 0 Å². The maximum atomic E-state index is 13.2. The molecule has 0 radical (unpaired) electrons. The van der Waals surface area contributed by atoms with Crippen LogP contribution in [0.1, 0.15) is 49.7 Å². The maximum Gasteiger partial charge on any atom is 0.243 e. The lowest BCUT2D eigenvalue weighted by Crippen LogP contribution is -2.53. The van der Waals surface area contributed by atoms with E-state index in [0.29, 0.717) is 17.7 Å². The highest BCUT2D eigenvalue weighted by Gasteiger charge is 2.50. The molecule has 1 aromatic carbocycles. The van der Waals surface area contributed by atoms with E-state index >= 15 is 0 Å². The first-order valence-electron chi connectivity index (χ1n) is 9.24. The first kappa shape index (κ1) is 17.7. The van der Waals surface area contributed by atoms with Gasteiger partial charge in [0.15, 0.2) is 0 Å². The second-order valence-corrected chi connectivity index (χ2v) is 9.59. The first-order valence-corrected chi connectivity index (χ1v) is 10.7. The molecule has 3 fully saturated rings. The summed E-state index contributed by atoms with van der Waals surface area (Å²) in [6.07, 6.45) is 3.27. The van der Waals surface area contributed by atoms with Gasteiger partial charge in [0.05, 0.1) is 4.90 Å². The highest BCUT2D eigenvalue weighted by Crippen LogP contribution is 2.42. The highest BCUT2D eigenvalue weighted by molar-refractivity contribution is 7.89. The van der Waals surface area contributed by atoms with Gasteiger partial charge in [-0.1, -0.05) is 6.07 Å². The minimum atomic E-state index is -3.57. The van der Waals surface area contributed by atoms with Crippen molar-refractivity contribution in [2.45, 2.75) is 75.4 Å². The summed E-state index contributed by atoms with van der Waals surface area (Å²) >= 11 is 0. The molecule has 0 spiro atoms. The SMILES string of the molecule is Cc1ccc(S(=O)(=O)N2C3CCC2CC(N2C(=O)CCC2=O)C3)cc1C. The lowest BCUT2D eigenvalue weighted by atomic mass is 9.98. The number of amides is 2. The predicted octanol–water partition coefficient (Wildman–Crippen LogP) is 2.14. The molecular formula is C19H24N2O4S. The second kappa shape index (κ2) is 6.16. The van der Waals surface area contributed by atoms with Crippen molar-refractivity contribution in [2.75, 3.05) is 0 Å². The van der Waals surface area contributed by atoms with Crippen molar-refractivity contribution in [2.24, 2.45) is 0 Å². The molecule has 26 heavy (non-hydrogen) atoms. The van der Waals surface area contributed by atoms with Crippen LogP contribution in [0.4, 0.5) is 0 Å². The summed E-state index contributed by atoms with van der Waals surface area (Å²) in [5, 5.41) is 0. The van der Waals surface area contributed by atoms with E-state index in [1.807, 2.05) is 19.9 Å². The van der Waals surface area contributed by atoms with Crippen molar-refractivity contribution < 1.29 is 18.0 Å². The number of likely N-dealkylation sites (tertiary alicyclic amines) is 1. The fraction of sp³-hybridized carbons (Fsp3) is 0.579. The minimum Gasteiger partial charge on any atom is -0.279 e. The molecule has 0 N–H and O–H groups in total. The number of fused-ring (bicyclic) bond motifs is 2. The number of imide groups is 1. The lowest BCUT2D eigenvalue weighted by Gasteiger charge is -2.40. The Hall–Kier alpha value is -1.73. The third-order valence-electron chi connectivity index (χ3n) is 6.15. The van der Waals surface area contributed by atoms with Crippen molar-refractivity contribution >= 4 is 21.8 Å². The normalized spacial score (nSPS) is 29.6. The molecule has 3 saturated heterocycles. The average molecular weight is 376 g/mol. The molecule has 0 saturated carbocycles. The molecule has 140 valence electrons. The van der Waals surface area contributed by atoms with E-state index in [2.05, 4.69) is 0 Å². The summed E-state index contributed by atoms with van der Waals surface area (Å²) < 4.78 is 28.1. The Balaban J connectivity index is 1.61. The molecule has 2 amide bonds. The van der Waals surface area contributed by atoms with Gasteiger partial charge in [-0.25, -0.2) is 8.42 Å². The van der Waals surface area contributed by atoms with E-state index < -0.39 is 10.0 Å². The number of carbonyl (C=O) groups excluding carboxylic acids is 2. The Morgan fingerprint density at radius 3 is 2.00 bits per heavy atom. The zero-order chi connectivity index (χ0) is 18.6. The second-order valence-electron chi connectivity index (χ2n) is 7.75. The van der Waals surface area contributed by atoms with E-state index in [4.69, 9.17) is 0 Å². The van der Waals surface area contributed by atoms with E-state index in [-0.39, 0.29) is 42.8 Å². The minimum absolute atomic E-state index is 0.107. The van der Waals surface area contributed by atoms with Crippen molar-refractivity contribution in [3.8, 4) is 0 Å². The van der Waals surface area contributed by atoms with Crippen LogP contribution in [0.25, 0.3) is 0 Å². The van der Waals surface area contributed by atoms with Crippen LogP contribution < -0.4 is 0 Å². The van der Waals surface area contributed by atoms with Crippen LogP contribution in [0.2, 0.25) is 0 Å². The van der Waals surface area contributed by atoms with Gasteiger partial charge in [0.1, 0.15) is 0 Å². The number of carbonyl (C=O) groups is 2. The summed E-state index contributed by atoms with van der Waals surface area (Å²) in [4.78, 5) is 25.9. The Morgan fingerprint density at radius 1 is 0.885 bits per heavy atom. The molecule has 3 heterocycles. The number of nitrogens with zero attached hydrogens (tertiary/aromatic N) is 2. The summed E-state index contributed by atoms with van der Waals surface area (Å²) in [7, 11) is -3.57. The summed E-state index contributed by atoms with van der Waals surface area (Å²) in [6.45, 7) is 3.88. The molecule has 1 aromatic rings. The largest absolute Gasteiger partial charge is 0.279 e. The molecular weight excluding hydrogens is 352 g/mol. The topological polar surface area (TPSA) is 74.8 Å². The van der Waals surface area contributed by atoms with Crippen LogP contribution in [0.5, 0.6) is 0 Å². The molecule has 4 rings (SSSR count). The van der Waals surface area contributed by atoms with E-state index in [1.165, 1.54) is 4.90 Å². The van der Waals surface area contributed by atoms with E-state index in [0.717, 1.165) is 24.0 Å². The average Bonchev–Trinajstić information content (AvgIpc) is 3.07. The van der Waals surface area contributed by atoms with Crippen molar-refractivity contribution in [3.63, 3.8) is 0 Å². The molecule has 7 heteroatoms. The van der Waals surface area contributed by atoms with Gasteiger partial charge < -0.3 is 0 Å². The Morgan fingerprint density at radius 2 is 1.46 bits per heavy atom. The Bertz CT molecular complexity index is 850. The van der Waals surface area contributed by atoms with Gasteiger partial charge in [0, 0.05) is 31.0 Å². The fourth-order valence-corrected chi connectivity index (χ4v) is 6.68. The van der Waals surface area contributed by atoms with Gasteiger partial charge in [0.25, 0.3) is 0 Å². The van der Waals surface area contributed by atoms with Gasteiger partial charge in [0.2, 0.25) is 21.8 Å². The maximum absolute atomic E-state index is 13.2. The lowest BCUT2D eigenvalue weighted by molar-refractivity contribution is -0.142. The highest BCUT2D eigenvalue weighted by atomic mass is 32.2. The summed E-state index contributed by atoms with van der Waals surface area (Å²) in [5.74, 6) is -0.213. The van der Waals surface area contributed by atoms with Gasteiger partial charge >= 0.3 is 0 Å². The predicted molar refractivity (Wildman–Crippen MR) is 95.9 cm³/mol. The Kier molecular flexibility index (Phi) is 4.19. The summed E-state index contributed by atoms with van der Waals surface area (Å²) in [5.41, 5.74) is 2.03. The molecule has 3 aliphatic rings. The molecule has 2 atom stereocenters. The third kappa shape index (κ3) is 2.68. The number of sulfonamides is 1. The quantitative estimate of drug-likeness (QED) is 0.758. The standard InChI is InChI=1S/C19H24N2O4S/c1-12-3-6-17(9-13(12)2)26(24,25)21-14-4-5-15(21)11-16(10-14)20-18(22)7-8-19(20)23/h3,6,9,14-16H,4-5,7-8,10-11H2,1-2H3. The van der Waals surface area contributed by atoms with Crippen LogP contribution in [0, 0.1) is 13.8 Å². The van der Waals surface area contributed by atoms with E-state index in [9.17, 15) is 18.0 Å². The van der Waals surface area contributed by atoms with Gasteiger partial charge in [-0.15, -0.1) is 0 Å². The fourth-order valence-electron chi connectivity index (χ4n) is 4.71. The first-order chi connectivity index (χ1) is 12.3. The van der Waals surface area contributed by atoms with Gasteiger partial charge in [-0.3, -0.25) is 14.5 Å². The Labute approximate surface area is 154 Å². The molecule has 6 nitrogen and oxygen atoms in total. The monoisotopic (exact) mass is 376 g/mol. The molecule has 3 aliphatic heterocycles. The number of rotatable bonds is 3. The zero-order valence-electron chi connectivity index (χ0n) is 15.1. The van der Waals surface area contributed by atoms with Crippen LogP contribution in [-0.2, 0) is 19.6 Å². The number of aryl methyl sites for hydroxylation is 2. The van der Waals surface area contributed by atoms with Crippen molar-refractivity contribution in [1.82, 2.24) is 9.21 Å². The molecule has 2 bridgehead atoms. The number of piperidine rings is 1. The number of hydrogen-bond donors (Lipinski definition) is 0. The third-order valence-corrected chi connectivity index (χ3v) is 8.15. The molecule has 2 unspecified atom stereocenters. The van der Waals surface area contributed by atoms with Gasteiger partial charge in [-0.05, 0) is 62.8 Å². The molecule has 0 aliphatic carbocycles. The van der Waals surface area contributed by atoms with Crippen LogP contribution in [0.15, 0.2) is 23.1 Å². The van der Waals surface area contributed by atoms with Crippen LogP contribution >= 0.6 is 0 Å². The van der Waals surface area contributed by atoms with Gasteiger partial charge in [-0.2, -0.15) is 4.31 Å². The van der Waals surface area contributed by atoms with E-state index in [1.54, 1.807) is 16.4 Å². The van der Waals surface area contributed by atoms with Crippen molar-refractivity contribution in [1.29, 1.82) is 0 Å². The van der Waals surface area contributed by atoms with Crippen molar-refractivity contribution in [3.05, 3.63) is 29.3 Å².